The molecule has 264 valence electrons. The van der Waals surface area contributed by atoms with Crippen molar-refractivity contribution >= 4 is 54.4 Å². The summed E-state index contributed by atoms with van der Waals surface area (Å²) in [5.41, 5.74) is 0.372. The van der Waals surface area contributed by atoms with Crippen molar-refractivity contribution in [3.8, 4) is 11.5 Å². The first-order chi connectivity index (χ1) is 23.0. The van der Waals surface area contributed by atoms with Gasteiger partial charge in [0.2, 0.25) is 10.0 Å². The van der Waals surface area contributed by atoms with Crippen LogP contribution in [0.2, 0.25) is 0 Å². The van der Waals surface area contributed by atoms with Crippen LogP contribution in [0.4, 0.5) is 4.79 Å². The second-order valence-corrected chi connectivity index (χ2v) is 16.9. The third kappa shape index (κ3) is 9.96. The number of rotatable bonds is 14. The van der Waals surface area contributed by atoms with Crippen molar-refractivity contribution in [1.82, 2.24) is 9.62 Å². The standard InChI is InChI=1S/C32H38IN5O9S2/c1-32(2,3)47-31(40)34-16-23(39)19-48(41,42)27-15-14-26(33)28(30-35-20-36-37-30)29(27)49(43,44)38(17-21-6-10-24(45-4)11-7-21)18-22-8-12-25(46-5)13-9-22/h6-15,23,39H,16-20H2,1-5H3,(H,34,40)/t23-/m1/s1. The highest BCUT2D eigenvalue weighted by Gasteiger charge is 2.38. The molecule has 17 heteroatoms. The van der Waals surface area contributed by atoms with Crippen molar-refractivity contribution < 1.29 is 40.9 Å². The zero-order valence-corrected chi connectivity index (χ0v) is 31.4. The maximum absolute atomic E-state index is 15.0. The van der Waals surface area contributed by atoms with E-state index in [9.17, 15) is 26.7 Å². The van der Waals surface area contributed by atoms with E-state index in [2.05, 4.69) is 20.5 Å². The second kappa shape index (κ2) is 15.9. The van der Waals surface area contributed by atoms with E-state index in [-0.39, 0.29) is 31.2 Å². The van der Waals surface area contributed by atoms with Gasteiger partial charge in [-0.2, -0.15) is 9.42 Å². The Balaban J connectivity index is 1.82. The third-order valence-electron chi connectivity index (χ3n) is 7.01. The van der Waals surface area contributed by atoms with E-state index in [1.54, 1.807) is 69.3 Å². The number of methoxy groups -OCH3 is 2. The van der Waals surface area contributed by atoms with Gasteiger partial charge >= 0.3 is 6.09 Å². The van der Waals surface area contributed by atoms with Crippen LogP contribution in [-0.4, -0.2) is 83.1 Å². The smallest absolute Gasteiger partial charge is 0.407 e. The Bertz CT molecular complexity index is 1880. The van der Waals surface area contributed by atoms with E-state index in [0.29, 0.717) is 26.2 Å². The normalized spacial score (nSPS) is 14.0. The number of aliphatic imine (C=N–C) groups is 1. The Morgan fingerprint density at radius 1 is 0.939 bits per heavy atom. The number of ether oxygens (including phenoxy) is 3. The van der Waals surface area contributed by atoms with Gasteiger partial charge in [0.15, 0.2) is 22.3 Å². The molecular formula is C32H38IN5O9S2. The molecule has 14 nitrogen and oxygen atoms in total. The van der Waals surface area contributed by atoms with Crippen LogP contribution in [0, 0.1) is 3.57 Å². The number of halogens is 1. The Morgan fingerprint density at radius 2 is 1.49 bits per heavy atom. The van der Waals surface area contributed by atoms with Gasteiger partial charge in [-0.15, -0.1) is 5.11 Å². The Morgan fingerprint density at radius 3 is 1.96 bits per heavy atom. The van der Waals surface area contributed by atoms with Gasteiger partial charge in [-0.3, -0.25) is 0 Å². The summed E-state index contributed by atoms with van der Waals surface area (Å²) in [6.45, 7) is 4.17. The van der Waals surface area contributed by atoms with E-state index < -0.39 is 59.7 Å². The summed E-state index contributed by atoms with van der Waals surface area (Å²) in [6.07, 6.45) is -2.45. The highest BCUT2D eigenvalue weighted by atomic mass is 127. The lowest BCUT2D eigenvalue weighted by Gasteiger charge is -2.26. The Kier molecular flexibility index (Phi) is 12.4. The molecule has 1 amide bonds. The number of hydrogen-bond acceptors (Lipinski definition) is 12. The van der Waals surface area contributed by atoms with Crippen LogP contribution in [0.5, 0.6) is 11.5 Å². The average molecular weight is 828 g/mol. The Hall–Kier alpha value is -3.65. The lowest BCUT2D eigenvalue weighted by atomic mass is 10.2. The molecule has 2 N–H and O–H groups in total. The van der Waals surface area contributed by atoms with E-state index >= 15 is 0 Å². The minimum Gasteiger partial charge on any atom is -0.497 e. The minimum atomic E-state index is -4.68. The van der Waals surface area contributed by atoms with Gasteiger partial charge in [0, 0.05) is 23.2 Å². The first-order valence-electron chi connectivity index (χ1n) is 14.9. The lowest BCUT2D eigenvalue weighted by Crippen LogP contribution is -2.39. The fourth-order valence-electron chi connectivity index (χ4n) is 4.75. The summed E-state index contributed by atoms with van der Waals surface area (Å²) < 4.78 is 75.2. The summed E-state index contributed by atoms with van der Waals surface area (Å²) in [4.78, 5) is 15.3. The minimum absolute atomic E-state index is 0.0289. The van der Waals surface area contributed by atoms with Crippen molar-refractivity contribution in [2.75, 3.05) is 33.2 Å². The van der Waals surface area contributed by atoms with Crippen LogP contribution in [0.3, 0.4) is 0 Å². The average Bonchev–Trinajstić information content (AvgIpc) is 3.57. The molecule has 4 rings (SSSR count). The summed E-state index contributed by atoms with van der Waals surface area (Å²) >= 11 is 1.90. The zero-order chi connectivity index (χ0) is 36.0. The van der Waals surface area contributed by atoms with Gasteiger partial charge in [0.05, 0.1) is 36.5 Å². The molecule has 1 atom stereocenters. The van der Waals surface area contributed by atoms with Gasteiger partial charge in [-0.05, 0) is 90.9 Å². The number of hydrogen-bond donors (Lipinski definition) is 2. The molecule has 0 radical (unpaired) electrons. The molecule has 3 aromatic rings. The lowest BCUT2D eigenvalue weighted by molar-refractivity contribution is 0.0498. The largest absolute Gasteiger partial charge is 0.497 e. The second-order valence-electron chi connectivity index (χ2n) is 11.9. The van der Waals surface area contributed by atoms with Crippen LogP contribution in [0.1, 0.15) is 37.5 Å². The highest BCUT2D eigenvalue weighted by Crippen LogP contribution is 2.35. The van der Waals surface area contributed by atoms with Crippen LogP contribution in [-0.2, 0) is 37.7 Å². The number of aliphatic hydroxyl groups excluding tert-OH is 1. The van der Waals surface area contributed by atoms with Crippen molar-refractivity contribution in [1.29, 1.82) is 0 Å². The molecular weight excluding hydrogens is 789 g/mol. The number of carbonyl (C=O) groups is 1. The molecule has 1 aliphatic rings. The van der Waals surface area contributed by atoms with Crippen molar-refractivity contribution in [3.05, 3.63) is 80.9 Å². The summed E-state index contributed by atoms with van der Waals surface area (Å²) in [5.74, 6) is 0.203. The fourth-order valence-corrected chi connectivity index (χ4v) is 9.46. The number of nitrogens with zero attached hydrogens (tertiary/aromatic N) is 4. The predicted molar refractivity (Wildman–Crippen MR) is 190 cm³/mol. The van der Waals surface area contributed by atoms with E-state index in [4.69, 9.17) is 14.2 Å². The number of sulfonamides is 1. The number of aliphatic hydroxyl groups is 1. The van der Waals surface area contributed by atoms with Crippen LogP contribution in [0.15, 0.2) is 85.7 Å². The van der Waals surface area contributed by atoms with Crippen molar-refractivity contribution in [2.45, 2.75) is 55.4 Å². The first kappa shape index (κ1) is 38.2. The number of amidine groups is 1. The molecule has 0 spiro atoms. The quantitative estimate of drug-likeness (QED) is 0.221. The molecule has 0 aliphatic carbocycles. The number of azo groups is 1. The van der Waals surface area contributed by atoms with Gasteiger partial charge in [-0.25, -0.2) is 26.6 Å². The number of nitrogens with one attached hydrogen (secondary N) is 1. The molecule has 0 saturated heterocycles. The molecule has 0 bridgehead atoms. The summed E-state index contributed by atoms with van der Waals surface area (Å²) in [5, 5.41) is 21.0. The Labute approximate surface area is 299 Å². The van der Waals surface area contributed by atoms with Gasteiger partial charge in [0.1, 0.15) is 22.0 Å². The van der Waals surface area contributed by atoms with Crippen LogP contribution >= 0.6 is 22.6 Å². The molecule has 3 aromatic carbocycles. The fraction of sp³-hybridized carbons (Fsp3) is 0.375. The molecule has 0 saturated carbocycles. The third-order valence-corrected chi connectivity index (χ3v) is 11.7. The number of amides is 1. The molecule has 1 aliphatic heterocycles. The molecule has 0 aromatic heterocycles. The maximum atomic E-state index is 15.0. The molecule has 0 unspecified atom stereocenters. The van der Waals surface area contributed by atoms with Crippen LogP contribution in [0.25, 0.3) is 0 Å². The highest BCUT2D eigenvalue weighted by molar-refractivity contribution is 14.1. The first-order valence-corrected chi connectivity index (χ1v) is 19.1. The number of carbonyl (C=O) groups excluding carboxylic acids is 1. The number of benzene rings is 3. The SMILES string of the molecule is COc1ccc(CN(Cc2ccc(OC)cc2)S(=O)(=O)c2c(S(=O)(=O)C[C@H](O)CNC(=O)OC(C)(C)C)ccc(I)c2C2=NCN=N2)cc1. The summed E-state index contributed by atoms with van der Waals surface area (Å²) in [6, 6.07) is 16.3. The van der Waals surface area contributed by atoms with Gasteiger partial charge < -0.3 is 24.6 Å². The number of alkyl carbamates (subject to hydrolysis) is 1. The van der Waals surface area contributed by atoms with E-state index in [0.717, 1.165) is 4.31 Å². The van der Waals surface area contributed by atoms with Crippen LogP contribution < -0.4 is 14.8 Å². The molecule has 0 fully saturated rings. The maximum Gasteiger partial charge on any atom is 0.407 e. The molecule has 1 heterocycles. The zero-order valence-electron chi connectivity index (χ0n) is 27.6. The number of sulfone groups is 1. The van der Waals surface area contributed by atoms with E-state index in [1.807, 2.05) is 22.6 Å². The van der Waals surface area contributed by atoms with Crippen molar-refractivity contribution in [2.24, 2.45) is 15.2 Å². The monoisotopic (exact) mass is 827 g/mol. The van der Waals surface area contributed by atoms with Crippen molar-refractivity contribution in [3.63, 3.8) is 0 Å². The predicted octanol–water partition coefficient (Wildman–Crippen LogP) is 4.53. The molecule has 49 heavy (non-hydrogen) atoms. The summed E-state index contributed by atoms with van der Waals surface area (Å²) in [7, 11) is -6.18. The topological polar surface area (TPSA) is 186 Å². The van der Waals surface area contributed by atoms with E-state index in [1.165, 1.54) is 26.4 Å². The van der Waals surface area contributed by atoms with Gasteiger partial charge in [0.25, 0.3) is 0 Å². The van der Waals surface area contributed by atoms with Gasteiger partial charge in [-0.1, -0.05) is 24.3 Å².